The third-order valence-corrected chi connectivity index (χ3v) is 4.57. The lowest BCUT2D eigenvalue weighted by molar-refractivity contribution is -0.140. The van der Waals surface area contributed by atoms with Crippen LogP contribution in [0.5, 0.6) is 0 Å². The predicted molar refractivity (Wildman–Crippen MR) is 84.3 cm³/mol. The minimum atomic E-state index is -3.89. The molecule has 1 aliphatic rings. The van der Waals surface area contributed by atoms with E-state index in [-0.39, 0.29) is 12.5 Å². The van der Waals surface area contributed by atoms with Gasteiger partial charge in [-0.25, -0.2) is 8.42 Å². The maximum absolute atomic E-state index is 11.6. The van der Waals surface area contributed by atoms with Crippen molar-refractivity contribution in [2.75, 3.05) is 12.4 Å². The van der Waals surface area contributed by atoms with Crippen molar-refractivity contribution in [3.05, 3.63) is 59.7 Å². The summed E-state index contributed by atoms with van der Waals surface area (Å²) in [4.78, 5) is 11.6. The first-order valence-corrected chi connectivity index (χ1v) is 9.20. The van der Waals surface area contributed by atoms with Gasteiger partial charge in [-0.05, 0) is 22.3 Å². The van der Waals surface area contributed by atoms with Gasteiger partial charge in [0, 0.05) is 16.6 Å². The Balaban J connectivity index is 1.84. The molecule has 22 heavy (non-hydrogen) atoms. The molecule has 1 aliphatic carbocycles. The fourth-order valence-electron chi connectivity index (χ4n) is 2.80. The van der Waals surface area contributed by atoms with Gasteiger partial charge in [-0.3, -0.25) is 4.79 Å². The van der Waals surface area contributed by atoms with E-state index >= 15 is 0 Å². The number of fused-ring (bicyclic) bond motifs is 3. The molecule has 6 heteroatoms. The van der Waals surface area contributed by atoms with Gasteiger partial charge in [0.1, 0.15) is 6.61 Å². The largest absolute Gasteiger partial charge is 0.464 e. The van der Waals surface area contributed by atoms with Gasteiger partial charge in [0.2, 0.25) is 9.05 Å². The van der Waals surface area contributed by atoms with Crippen LogP contribution < -0.4 is 0 Å². The van der Waals surface area contributed by atoms with Crippen LogP contribution in [0.2, 0.25) is 0 Å². The Labute approximate surface area is 133 Å². The highest BCUT2D eigenvalue weighted by atomic mass is 35.7. The number of rotatable bonds is 4. The van der Waals surface area contributed by atoms with Crippen LogP contribution in [0.1, 0.15) is 17.0 Å². The number of carbonyl (C=O) groups is 1. The zero-order valence-corrected chi connectivity index (χ0v) is 13.1. The fraction of sp³-hybridized carbons (Fsp3) is 0.188. The smallest absolute Gasteiger partial charge is 0.322 e. The van der Waals surface area contributed by atoms with E-state index in [1.807, 2.05) is 48.5 Å². The van der Waals surface area contributed by atoms with Crippen LogP contribution in [0.4, 0.5) is 0 Å². The van der Waals surface area contributed by atoms with Crippen LogP contribution in [-0.4, -0.2) is 26.7 Å². The fourth-order valence-corrected chi connectivity index (χ4v) is 3.43. The van der Waals surface area contributed by atoms with Gasteiger partial charge in [-0.2, -0.15) is 0 Å². The monoisotopic (exact) mass is 336 g/mol. The van der Waals surface area contributed by atoms with Crippen LogP contribution in [0.15, 0.2) is 48.5 Å². The number of ether oxygens (including phenoxy) is 1. The Morgan fingerprint density at radius 1 is 1.00 bits per heavy atom. The van der Waals surface area contributed by atoms with E-state index in [0.717, 1.165) is 22.3 Å². The third kappa shape index (κ3) is 3.00. The summed E-state index contributed by atoms with van der Waals surface area (Å²) in [5, 5.41) is 0. The molecule has 4 nitrogen and oxygen atoms in total. The number of carbonyl (C=O) groups excluding carboxylic acids is 1. The summed E-state index contributed by atoms with van der Waals surface area (Å²) in [5.41, 5.74) is 4.38. The molecule has 0 saturated heterocycles. The molecule has 3 rings (SSSR count). The number of hydrogen-bond acceptors (Lipinski definition) is 4. The third-order valence-electron chi connectivity index (χ3n) is 3.66. The van der Waals surface area contributed by atoms with Crippen molar-refractivity contribution in [1.82, 2.24) is 0 Å². The Morgan fingerprint density at radius 3 is 2.00 bits per heavy atom. The van der Waals surface area contributed by atoms with Gasteiger partial charge in [-0.1, -0.05) is 48.5 Å². The molecule has 0 heterocycles. The Hall–Kier alpha value is -1.85. The summed E-state index contributed by atoms with van der Waals surface area (Å²) in [6.07, 6.45) is 0. The lowest BCUT2D eigenvalue weighted by atomic mass is 9.98. The molecule has 0 spiro atoms. The Kier molecular flexibility index (Phi) is 3.93. The standard InChI is InChI=1S/C16H13ClO4S/c17-22(19,20)10-16(18)21-9-15-13-7-3-1-5-11(13)12-6-2-4-8-14(12)15/h1-8,15H,9-10H2. The normalized spacial score (nSPS) is 13.5. The van der Waals surface area contributed by atoms with E-state index < -0.39 is 20.8 Å². The molecule has 0 atom stereocenters. The average Bonchev–Trinajstić information content (AvgIpc) is 2.78. The first-order chi connectivity index (χ1) is 10.5. The summed E-state index contributed by atoms with van der Waals surface area (Å²) in [7, 11) is 1.16. The molecule has 0 saturated carbocycles. The lowest BCUT2D eigenvalue weighted by Crippen LogP contribution is -2.18. The lowest BCUT2D eigenvalue weighted by Gasteiger charge is -2.13. The topological polar surface area (TPSA) is 60.4 Å². The average molecular weight is 337 g/mol. The highest BCUT2D eigenvalue weighted by molar-refractivity contribution is 8.14. The molecular formula is C16H13ClO4S. The van der Waals surface area contributed by atoms with Crippen molar-refractivity contribution in [2.24, 2.45) is 0 Å². The predicted octanol–water partition coefficient (Wildman–Crippen LogP) is 2.91. The molecule has 2 aromatic carbocycles. The molecule has 0 unspecified atom stereocenters. The quantitative estimate of drug-likeness (QED) is 0.636. The Morgan fingerprint density at radius 2 is 1.50 bits per heavy atom. The second kappa shape index (κ2) is 5.74. The summed E-state index contributed by atoms with van der Waals surface area (Å²) in [6.45, 7) is 0.0965. The van der Waals surface area contributed by atoms with Crippen molar-refractivity contribution < 1.29 is 17.9 Å². The molecule has 0 amide bonds. The highest BCUT2D eigenvalue weighted by Gasteiger charge is 2.29. The molecule has 0 fully saturated rings. The van der Waals surface area contributed by atoms with Crippen LogP contribution in [-0.2, 0) is 18.6 Å². The van der Waals surface area contributed by atoms with Crippen LogP contribution in [0.3, 0.4) is 0 Å². The molecular weight excluding hydrogens is 324 g/mol. The molecule has 0 radical (unpaired) electrons. The molecule has 0 aliphatic heterocycles. The van der Waals surface area contributed by atoms with Gasteiger partial charge >= 0.3 is 5.97 Å². The van der Waals surface area contributed by atoms with E-state index in [0.29, 0.717) is 0 Å². The van der Waals surface area contributed by atoms with Crippen molar-refractivity contribution in [2.45, 2.75) is 5.92 Å². The van der Waals surface area contributed by atoms with Crippen molar-refractivity contribution in [3.63, 3.8) is 0 Å². The van der Waals surface area contributed by atoms with Gasteiger partial charge < -0.3 is 4.74 Å². The minimum Gasteiger partial charge on any atom is -0.464 e. The van der Waals surface area contributed by atoms with Gasteiger partial charge in [0.25, 0.3) is 0 Å². The first kappa shape index (κ1) is 15.1. The van der Waals surface area contributed by atoms with Gasteiger partial charge in [0.15, 0.2) is 5.75 Å². The maximum Gasteiger partial charge on any atom is 0.322 e. The zero-order valence-electron chi connectivity index (χ0n) is 11.5. The first-order valence-electron chi connectivity index (χ1n) is 6.72. The molecule has 114 valence electrons. The number of esters is 1. The van der Waals surface area contributed by atoms with Crippen molar-refractivity contribution in [1.29, 1.82) is 0 Å². The van der Waals surface area contributed by atoms with Crippen LogP contribution in [0, 0.1) is 0 Å². The Bertz CT molecular complexity index is 784. The van der Waals surface area contributed by atoms with Crippen molar-refractivity contribution in [3.8, 4) is 11.1 Å². The number of benzene rings is 2. The molecule has 0 aromatic heterocycles. The second-order valence-corrected chi connectivity index (χ2v) is 7.87. The van der Waals surface area contributed by atoms with E-state index in [2.05, 4.69) is 0 Å². The van der Waals surface area contributed by atoms with E-state index in [9.17, 15) is 13.2 Å². The van der Waals surface area contributed by atoms with E-state index in [4.69, 9.17) is 15.4 Å². The molecule has 0 bridgehead atoms. The summed E-state index contributed by atoms with van der Waals surface area (Å²) in [6, 6.07) is 15.8. The SMILES string of the molecule is O=C(CS(=O)(=O)Cl)OCC1c2ccccc2-c2ccccc21. The van der Waals surface area contributed by atoms with Crippen molar-refractivity contribution >= 4 is 25.7 Å². The van der Waals surface area contributed by atoms with Gasteiger partial charge in [-0.15, -0.1) is 0 Å². The molecule has 2 aromatic rings. The zero-order chi connectivity index (χ0) is 15.7. The van der Waals surface area contributed by atoms with Gasteiger partial charge in [0.05, 0.1) is 0 Å². The summed E-state index contributed by atoms with van der Waals surface area (Å²) in [5.74, 6) is -1.74. The number of hydrogen-bond donors (Lipinski definition) is 0. The maximum atomic E-state index is 11.6. The van der Waals surface area contributed by atoms with Crippen LogP contribution >= 0.6 is 10.7 Å². The summed E-state index contributed by atoms with van der Waals surface area (Å²) < 4.78 is 26.9. The van der Waals surface area contributed by atoms with E-state index in [1.165, 1.54) is 0 Å². The number of halogens is 1. The van der Waals surface area contributed by atoms with E-state index in [1.54, 1.807) is 0 Å². The summed E-state index contributed by atoms with van der Waals surface area (Å²) >= 11 is 0. The molecule has 0 N–H and O–H groups in total. The van der Waals surface area contributed by atoms with Crippen LogP contribution in [0.25, 0.3) is 11.1 Å². The minimum absolute atomic E-state index is 0.0885. The second-order valence-electron chi connectivity index (χ2n) is 5.09. The highest BCUT2D eigenvalue weighted by Crippen LogP contribution is 2.44.